The molecule has 0 aliphatic rings. The summed E-state index contributed by atoms with van der Waals surface area (Å²) in [6.07, 6.45) is 3.92. The Morgan fingerprint density at radius 3 is 2.44 bits per heavy atom. The lowest BCUT2D eigenvalue weighted by atomic mass is 10.2. The number of nitrogens with zero attached hydrogens (tertiary/aromatic N) is 3. The molecule has 0 saturated heterocycles. The monoisotopic (exact) mass is 293 g/mol. The van der Waals surface area contributed by atoms with Crippen LogP contribution in [0.4, 0.5) is 0 Å². The van der Waals surface area contributed by atoms with Crippen molar-refractivity contribution in [2.45, 2.75) is 58.2 Å². The molecule has 0 aliphatic heterocycles. The van der Waals surface area contributed by atoms with Gasteiger partial charge in [0, 0.05) is 23.6 Å². The summed E-state index contributed by atoms with van der Waals surface area (Å²) in [7, 11) is 1.54. The highest BCUT2D eigenvalue weighted by molar-refractivity contribution is 8.13. The molecule has 5 nitrogen and oxygen atoms in total. The number of hydrogen-bond donors (Lipinski definition) is 0. The molecule has 0 aliphatic carbocycles. The van der Waals surface area contributed by atoms with E-state index in [1.807, 2.05) is 13.8 Å². The maximum absolute atomic E-state index is 11.4. The van der Waals surface area contributed by atoms with E-state index in [4.69, 9.17) is 10.7 Å². The van der Waals surface area contributed by atoms with Gasteiger partial charge in [0.15, 0.2) is 0 Å². The van der Waals surface area contributed by atoms with Crippen molar-refractivity contribution in [2.24, 2.45) is 5.92 Å². The van der Waals surface area contributed by atoms with Crippen molar-refractivity contribution in [1.29, 1.82) is 0 Å². The standard InChI is InChI=1S/C11H20ClN3O2S/c1-4-5-6-7-10-13-14-11(18(12,16)17)15(10)8-9(2)3/h9H,4-8H2,1-3H3. The average Bonchev–Trinajstić information content (AvgIpc) is 2.60. The predicted octanol–water partition coefficient (Wildman–Crippen LogP) is 2.59. The van der Waals surface area contributed by atoms with Gasteiger partial charge >= 0.3 is 0 Å². The van der Waals surface area contributed by atoms with Crippen LogP contribution in [0.3, 0.4) is 0 Å². The molecule has 104 valence electrons. The minimum atomic E-state index is -3.83. The molecular weight excluding hydrogens is 274 g/mol. The zero-order chi connectivity index (χ0) is 13.8. The van der Waals surface area contributed by atoms with Gasteiger partial charge < -0.3 is 4.57 Å². The Labute approximate surface area is 113 Å². The fourth-order valence-corrected chi connectivity index (χ4v) is 2.69. The van der Waals surface area contributed by atoms with E-state index in [2.05, 4.69) is 17.1 Å². The van der Waals surface area contributed by atoms with Gasteiger partial charge in [-0.05, 0) is 12.3 Å². The summed E-state index contributed by atoms with van der Waals surface area (Å²) >= 11 is 0. The summed E-state index contributed by atoms with van der Waals surface area (Å²) in [4.78, 5) is 0. The topological polar surface area (TPSA) is 64.8 Å². The average molecular weight is 294 g/mol. The van der Waals surface area contributed by atoms with Gasteiger partial charge in [0.05, 0.1) is 0 Å². The smallest absolute Gasteiger partial charge is 0.296 e. The number of rotatable bonds is 7. The van der Waals surface area contributed by atoms with Gasteiger partial charge in [-0.15, -0.1) is 10.2 Å². The molecule has 1 rings (SSSR count). The third-order valence-electron chi connectivity index (χ3n) is 2.56. The number of halogens is 1. The van der Waals surface area contributed by atoms with E-state index < -0.39 is 9.05 Å². The Bertz CT molecular complexity index is 482. The van der Waals surface area contributed by atoms with Crippen LogP contribution in [0.5, 0.6) is 0 Å². The summed E-state index contributed by atoms with van der Waals surface area (Å²) in [5.74, 6) is 1.01. The van der Waals surface area contributed by atoms with Crippen LogP contribution in [0.2, 0.25) is 0 Å². The van der Waals surface area contributed by atoms with Gasteiger partial charge in [0.25, 0.3) is 14.2 Å². The number of hydrogen-bond acceptors (Lipinski definition) is 4. The molecule has 1 aromatic rings. The van der Waals surface area contributed by atoms with Crippen LogP contribution in [0.1, 0.15) is 45.9 Å². The first kappa shape index (κ1) is 15.4. The molecule has 0 spiro atoms. The van der Waals surface area contributed by atoms with Crippen LogP contribution >= 0.6 is 10.7 Å². The van der Waals surface area contributed by atoms with E-state index in [1.54, 1.807) is 4.57 Å². The highest BCUT2D eigenvalue weighted by Gasteiger charge is 2.22. The van der Waals surface area contributed by atoms with Crippen LogP contribution in [-0.4, -0.2) is 23.2 Å². The molecule has 0 aromatic carbocycles. The molecular formula is C11H20ClN3O2S. The first-order chi connectivity index (χ1) is 8.36. The van der Waals surface area contributed by atoms with Crippen LogP contribution in [0.15, 0.2) is 5.16 Å². The molecule has 1 aromatic heterocycles. The Balaban J connectivity index is 3.00. The van der Waals surface area contributed by atoms with Crippen molar-refractivity contribution >= 4 is 19.7 Å². The maximum atomic E-state index is 11.4. The van der Waals surface area contributed by atoms with Crippen LogP contribution in [0.25, 0.3) is 0 Å². The fourth-order valence-electron chi connectivity index (χ4n) is 1.77. The van der Waals surface area contributed by atoms with Crippen molar-refractivity contribution in [3.05, 3.63) is 5.82 Å². The quantitative estimate of drug-likeness (QED) is 0.572. The maximum Gasteiger partial charge on any atom is 0.296 e. The van der Waals surface area contributed by atoms with Gasteiger partial charge in [0.2, 0.25) is 0 Å². The summed E-state index contributed by atoms with van der Waals surface area (Å²) in [6.45, 7) is 6.71. The molecule has 0 saturated carbocycles. The predicted molar refractivity (Wildman–Crippen MR) is 71.1 cm³/mol. The lowest BCUT2D eigenvalue weighted by molar-refractivity contribution is 0.468. The lowest BCUT2D eigenvalue weighted by Crippen LogP contribution is -2.13. The zero-order valence-corrected chi connectivity index (χ0v) is 12.6. The SMILES string of the molecule is CCCCCc1nnc(S(=O)(=O)Cl)n1CC(C)C. The van der Waals surface area contributed by atoms with Gasteiger partial charge in [-0.3, -0.25) is 0 Å². The summed E-state index contributed by atoms with van der Waals surface area (Å²) in [5, 5.41) is 7.53. The molecule has 1 heterocycles. The minimum absolute atomic E-state index is 0.135. The number of unbranched alkanes of at least 4 members (excludes halogenated alkanes) is 2. The third-order valence-corrected chi connectivity index (χ3v) is 3.72. The van der Waals surface area contributed by atoms with E-state index in [0.717, 1.165) is 25.7 Å². The second-order valence-corrected chi connectivity index (χ2v) is 7.26. The minimum Gasteiger partial charge on any atom is -0.301 e. The molecule has 7 heteroatoms. The second kappa shape index (κ2) is 6.52. The molecule has 0 fully saturated rings. The van der Waals surface area contributed by atoms with E-state index in [-0.39, 0.29) is 5.16 Å². The Morgan fingerprint density at radius 2 is 1.94 bits per heavy atom. The normalized spacial score (nSPS) is 12.3. The Morgan fingerprint density at radius 1 is 1.28 bits per heavy atom. The summed E-state index contributed by atoms with van der Waals surface area (Å²) in [5.41, 5.74) is 0. The molecule has 0 N–H and O–H groups in total. The van der Waals surface area contributed by atoms with Gasteiger partial charge in [-0.25, -0.2) is 8.42 Å². The molecule has 18 heavy (non-hydrogen) atoms. The van der Waals surface area contributed by atoms with Gasteiger partial charge in [-0.2, -0.15) is 0 Å². The van der Waals surface area contributed by atoms with E-state index >= 15 is 0 Å². The van der Waals surface area contributed by atoms with E-state index in [9.17, 15) is 8.42 Å². The van der Waals surface area contributed by atoms with Gasteiger partial charge in [0.1, 0.15) is 5.82 Å². The van der Waals surface area contributed by atoms with Crippen molar-refractivity contribution in [3.63, 3.8) is 0 Å². The van der Waals surface area contributed by atoms with Crippen LogP contribution in [0, 0.1) is 5.92 Å². The Hall–Kier alpha value is -0.620. The van der Waals surface area contributed by atoms with Crippen molar-refractivity contribution < 1.29 is 8.42 Å². The fraction of sp³-hybridized carbons (Fsp3) is 0.818. The van der Waals surface area contributed by atoms with Gasteiger partial charge in [-0.1, -0.05) is 33.6 Å². The zero-order valence-electron chi connectivity index (χ0n) is 11.1. The molecule has 0 bridgehead atoms. The van der Waals surface area contributed by atoms with Crippen LogP contribution in [-0.2, 0) is 22.0 Å². The highest BCUT2D eigenvalue weighted by Crippen LogP contribution is 2.17. The van der Waals surface area contributed by atoms with E-state index in [1.165, 1.54) is 0 Å². The molecule has 0 atom stereocenters. The van der Waals surface area contributed by atoms with Crippen LogP contribution < -0.4 is 0 Å². The second-order valence-electron chi connectivity index (χ2n) is 4.80. The first-order valence-electron chi connectivity index (χ1n) is 6.23. The lowest BCUT2D eigenvalue weighted by Gasteiger charge is -2.11. The molecule has 0 unspecified atom stereocenters. The van der Waals surface area contributed by atoms with Crippen molar-refractivity contribution in [2.75, 3.05) is 0 Å². The summed E-state index contributed by atoms with van der Waals surface area (Å²) < 4.78 is 24.5. The van der Waals surface area contributed by atoms with Crippen molar-refractivity contribution in [3.8, 4) is 0 Å². The third kappa shape index (κ3) is 4.24. The molecule has 0 radical (unpaired) electrons. The molecule has 0 amide bonds. The highest BCUT2D eigenvalue weighted by atomic mass is 35.7. The Kier molecular flexibility index (Phi) is 5.59. The largest absolute Gasteiger partial charge is 0.301 e. The summed E-state index contributed by atoms with van der Waals surface area (Å²) in [6, 6.07) is 0. The number of aromatic nitrogens is 3. The first-order valence-corrected chi connectivity index (χ1v) is 8.54. The van der Waals surface area contributed by atoms with Crippen molar-refractivity contribution in [1.82, 2.24) is 14.8 Å². The van der Waals surface area contributed by atoms with E-state index in [0.29, 0.717) is 18.3 Å². The number of aryl methyl sites for hydroxylation is 1.